The minimum absolute atomic E-state index is 0.0487. The number of esters is 2. The van der Waals surface area contributed by atoms with Crippen molar-refractivity contribution >= 4 is 22.0 Å². The molecule has 1 aromatic rings. The van der Waals surface area contributed by atoms with Crippen molar-refractivity contribution in [1.82, 2.24) is 4.31 Å². The zero-order valence-corrected chi connectivity index (χ0v) is 15.3. The second-order valence-electron chi connectivity index (χ2n) is 5.68. The van der Waals surface area contributed by atoms with Gasteiger partial charge in [0.25, 0.3) is 0 Å². The smallest absolute Gasteiger partial charge is 0.338 e. The van der Waals surface area contributed by atoms with Crippen LogP contribution in [0.3, 0.4) is 0 Å². The molecule has 7 nitrogen and oxygen atoms in total. The fraction of sp³-hybridized carbons (Fsp3) is 0.529. The molecule has 0 bridgehead atoms. The molecule has 0 unspecified atom stereocenters. The molecule has 0 atom stereocenters. The predicted molar refractivity (Wildman–Crippen MR) is 90.5 cm³/mol. The van der Waals surface area contributed by atoms with Crippen LogP contribution in [-0.4, -0.2) is 51.0 Å². The summed E-state index contributed by atoms with van der Waals surface area (Å²) in [5.74, 6) is -1.10. The van der Waals surface area contributed by atoms with Crippen LogP contribution in [0, 0.1) is 5.92 Å². The number of nitrogens with zero attached hydrogens (tertiary/aromatic N) is 1. The van der Waals surface area contributed by atoms with E-state index in [4.69, 9.17) is 9.47 Å². The zero-order valence-electron chi connectivity index (χ0n) is 14.4. The lowest BCUT2D eigenvalue weighted by molar-refractivity contribution is -0.149. The summed E-state index contributed by atoms with van der Waals surface area (Å²) in [5, 5.41) is 0. The average molecular weight is 369 g/mol. The molecular formula is C17H23NO6S. The summed E-state index contributed by atoms with van der Waals surface area (Å²) < 4.78 is 36.8. The first-order valence-electron chi connectivity index (χ1n) is 8.34. The number of benzene rings is 1. The third-order valence-corrected chi connectivity index (χ3v) is 5.95. The van der Waals surface area contributed by atoms with Crippen molar-refractivity contribution in [3.63, 3.8) is 0 Å². The van der Waals surface area contributed by atoms with Crippen molar-refractivity contribution in [2.45, 2.75) is 31.6 Å². The SMILES string of the molecule is CCOC(=O)c1cccc(S(=O)(=O)N2CCC(C(=O)OCC)CC2)c1. The first-order valence-corrected chi connectivity index (χ1v) is 9.78. The molecule has 0 radical (unpaired) electrons. The standard InChI is InChI=1S/C17H23NO6S/c1-3-23-16(19)13-8-10-18(11-9-13)25(21,22)15-7-5-6-14(12-15)17(20)24-4-2/h5-7,12-13H,3-4,8-11H2,1-2H3. The third-order valence-electron chi connectivity index (χ3n) is 4.06. The van der Waals surface area contributed by atoms with Crippen molar-refractivity contribution < 1.29 is 27.5 Å². The largest absolute Gasteiger partial charge is 0.466 e. The molecule has 0 saturated carbocycles. The predicted octanol–water partition coefficient (Wildman–Crippen LogP) is 1.83. The molecule has 25 heavy (non-hydrogen) atoms. The second-order valence-corrected chi connectivity index (χ2v) is 7.62. The van der Waals surface area contributed by atoms with E-state index in [1.54, 1.807) is 13.8 Å². The van der Waals surface area contributed by atoms with Crippen LogP contribution >= 0.6 is 0 Å². The van der Waals surface area contributed by atoms with E-state index in [2.05, 4.69) is 0 Å². The highest BCUT2D eigenvalue weighted by molar-refractivity contribution is 7.89. The Morgan fingerprint density at radius 1 is 1.12 bits per heavy atom. The number of sulfonamides is 1. The van der Waals surface area contributed by atoms with Gasteiger partial charge in [-0.05, 0) is 44.9 Å². The lowest BCUT2D eigenvalue weighted by atomic mass is 9.98. The number of carbonyl (C=O) groups excluding carboxylic acids is 2. The zero-order chi connectivity index (χ0) is 18.4. The van der Waals surface area contributed by atoms with Gasteiger partial charge >= 0.3 is 11.9 Å². The minimum Gasteiger partial charge on any atom is -0.466 e. The molecule has 0 aliphatic carbocycles. The Kier molecular flexibility index (Phi) is 6.55. The van der Waals surface area contributed by atoms with E-state index in [0.717, 1.165) is 0 Å². The highest BCUT2D eigenvalue weighted by atomic mass is 32.2. The van der Waals surface area contributed by atoms with Crippen LogP contribution in [-0.2, 0) is 24.3 Å². The molecule has 138 valence electrons. The minimum atomic E-state index is -3.72. The second kappa shape index (κ2) is 8.44. The van der Waals surface area contributed by atoms with Gasteiger partial charge in [-0.25, -0.2) is 13.2 Å². The van der Waals surface area contributed by atoms with Crippen LogP contribution in [0.15, 0.2) is 29.2 Å². The summed E-state index contributed by atoms with van der Waals surface area (Å²) in [7, 11) is -3.72. The summed E-state index contributed by atoms with van der Waals surface area (Å²) in [4.78, 5) is 23.6. The third kappa shape index (κ3) is 4.58. The van der Waals surface area contributed by atoms with Gasteiger partial charge in [-0.1, -0.05) is 6.07 Å². The van der Waals surface area contributed by atoms with Crippen molar-refractivity contribution in [2.75, 3.05) is 26.3 Å². The number of carbonyl (C=O) groups is 2. The Hall–Kier alpha value is -1.93. The molecule has 0 amide bonds. The van der Waals surface area contributed by atoms with Gasteiger partial charge in [-0.2, -0.15) is 4.31 Å². The first kappa shape index (κ1) is 19.4. The molecule has 1 aliphatic heterocycles. The van der Waals surface area contributed by atoms with Gasteiger partial charge in [0.1, 0.15) is 0 Å². The molecule has 1 heterocycles. The van der Waals surface area contributed by atoms with Crippen LogP contribution in [0.5, 0.6) is 0 Å². The average Bonchev–Trinajstić information content (AvgIpc) is 2.62. The van der Waals surface area contributed by atoms with E-state index < -0.39 is 16.0 Å². The molecule has 1 saturated heterocycles. The molecule has 0 N–H and O–H groups in total. The van der Waals surface area contributed by atoms with Gasteiger partial charge in [-0.15, -0.1) is 0 Å². The number of piperidine rings is 1. The van der Waals surface area contributed by atoms with Crippen LogP contribution in [0.4, 0.5) is 0 Å². The lowest BCUT2D eigenvalue weighted by Crippen LogP contribution is -2.40. The summed E-state index contributed by atoms with van der Waals surface area (Å²) in [6.07, 6.45) is 0.852. The van der Waals surface area contributed by atoms with Crippen LogP contribution in [0.2, 0.25) is 0 Å². The Morgan fingerprint density at radius 2 is 1.76 bits per heavy atom. The highest BCUT2D eigenvalue weighted by Crippen LogP contribution is 2.25. The number of rotatable bonds is 6. The van der Waals surface area contributed by atoms with Gasteiger partial charge in [0.2, 0.25) is 10.0 Å². The molecule has 2 rings (SSSR count). The van der Waals surface area contributed by atoms with E-state index in [1.165, 1.54) is 28.6 Å². The van der Waals surface area contributed by atoms with Crippen LogP contribution < -0.4 is 0 Å². The Morgan fingerprint density at radius 3 is 2.36 bits per heavy atom. The van der Waals surface area contributed by atoms with Crippen molar-refractivity contribution in [2.24, 2.45) is 5.92 Å². The van der Waals surface area contributed by atoms with Gasteiger partial charge < -0.3 is 9.47 Å². The molecule has 8 heteroatoms. The van der Waals surface area contributed by atoms with Crippen LogP contribution in [0.25, 0.3) is 0 Å². The van der Waals surface area contributed by atoms with Crippen molar-refractivity contribution in [1.29, 1.82) is 0 Å². The summed E-state index contributed by atoms with van der Waals surface area (Å²) in [6, 6.07) is 5.81. The van der Waals surface area contributed by atoms with E-state index in [-0.39, 0.29) is 42.0 Å². The van der Waals surface area contributed by atoms with E-state index in [9.17, 15) is 18.0 Å². The molecule has 0 spiro atoms. The topological polar surface area (TPSA) is 90.0 Å². The summed E-state index contributed by atoms with van der Waals surface area (Å²) in [6.45, 7) is 4.46. The fourth-order valence-electron chi connectivity index (χ4n) is 2.74. The molecule has 1 aliphatic rings. The fourth-order valence-corrected chi connectivity index (χ4v) is 4.26. The lowest BCUT2D eigenvalue weighted by Gasteiger charge is -2.30. The number of hydrogen-bond acceptors (Lipinski definition) is 6. The van der Waals surface area contributed by atoms with E-state index in [1.807, 2.05) is 0 Å². The highest BCUT2D eigenvalue weighted by Gasteiger charge is 2.33. The number of hydrogen-bond donors (Lipinski definition) is 0. The van der Waals surface area contributed by atoms with Crippen molar-refractivity contribution in [3.8, 4) is 0 Å². The quantitative estimate of drug-likeness (QED) is 0.711. The Bertz CT molecular complexity index is 722. The van der Waals surface area contributed by atoms with E-state index >= 15 is 0 Å². The van der Waals surface area contributed by atoms with Crippen LogP contribution in [0.1, 0.15) is 37.0 Å². The van der Waals surface area contributed by atoms with Crippen molar-refractivity contribution in [3.05, 3.63) is 29.8 Å². The Labute approximate surface area is 148 Å². The molecule has 0 aromatic heterocycles. The summed E-state index contributed by atoms with van der Waals surface area (Å²) >= 11 is 0. The normalized spacial score (nSPS) is 16.4. The summed E-state index contributed by atoms with van der Waals surface area (Å²) in [5.41, 5.74) is 0.198. The maximum atomic E-state index is 12.8. The molecule has 1 fully saturated rings. The molecule has 1 aromatic carbocycles. The monoisotopic (exact) mass is 369 g/mol. The van der Waals surface area contributed by atoms with Gasteiger partial charge in [-0.3, -0.25) is 4.79 Å². The maximum Gasteiger partial charge on any atom is 0.338 e. The molecular weight excluding hydrogens is 346 g/mol. The van der Waals surface area contributed by atoms with Gasteiger partial charge in [0.15, 0.2) is 0 Å². The maximum absolute atomic E-state index is 12.8. The Balaban J connectivity index is 2.11. The van der Waals surface area contributed by atoms with Gasteiger partial charge in [0.05, 0.1) is 29.6 Å². The number of ether oxygens (including phenoxy) is 2. The van der Waals surface area contributed by atoms with E-state index in [0.29, 0.717) is 19.4 Å². The van der Waals surface area contributed by atoms with Gasteiger partial charge in [0, 0.05) is 13.1 Å². The first-order chi connectivity index (χ1) is 11.9.